The van der Waals surface area contributed by atoms with Gasteiger partial charge in [0.05, 0.1) is 37.6 Å². The summed E-state index contributed by atoms with van der Waals surface area (Å²) in [6, 6.07) is 0. The number of hydrogen-bond donors (Lipinski definition) is 0. The van der Waals surface area contributed by atoms with Crippen LogP contribution in [0.1, 0.15) is 38.5 Å². The van der Waals surface area contributed by atoms with Gasteiger partial charge in [-0.2, -0.15) is 0 Å². The molecule has 4 aliphatic rings. The van der Waals surface area contributed by atoms with Gasteiger partial charge in [-0.05, 0) is 50.4 Å². The molecule has 3 heterocycles. The van der Waals surface area contributed by atoms with Crippen molar-refractivity contribution in [1.82, 2.24) is 13.7 Å². The molecule has 6 atom stereocenters. The Balaban J connectivity index is 1.20. The smallest absolute Gasteiger partial charge is 0.337 e. The fourth-order valence-corrected chi connectivity index (χ4v) is 5.07. The van der Waals surface area contributed by atoms with Gasteiger partial charge in [-0.3, -0.25) is 9.59 Å². The number of epoxide rings is 2. The van der Waals surface area contributed by atoms with Crippen LogP contribution in [-0.4, -0.2) is 63.3 Å². The highest BCUT2D eigenvalue weighted by atomic mass is 16.6. The molecule has 12 nitrogen and oxygen atoms in total. The van der Waals surface area contributed by atoms with E-state index in [0.717, 1.165) is 38.5 Å². The van der Waals surface area contributed by atoms with Crippen LogP contribution in [0.2, 0.25) is 0 Å². The lowest BCUT2D eigenvalue weighted by Crippen LogP contribution is -2.55. The maximum Gasteiger partial charge on any atom is 0.337 e. The first-order valence-corrected chi connectivity index (χ1v) is 11.8. The van der Waals surface area contributed by atoms with Crippen LogP contribution in [0.25, 0.3) is 0 Å². The molecular weight excluding hydrogens is 450 g/mol. The van der Waals surface area contributed by atoms with Gasteiger partial charge in [-0.25, -0.2) is 28.1 Å². The Morgan fingerprint density at radius 2 is 1.18 bits per heavy atom. The summed E-state index contributed by atoms with van der Waals surface area (Å²) >= 11 is 0. The minimum absolute atomic E-state index is 0.178. The van der Waals surface area contributed by atoms with Crippen molar-refractivity contribution in [3.05, 3.63) is 31.5 Å². The van der Waals surface area contributed by atoms with E-state index in [2.05, 4.69) is 0 Å². The van der Waals surface area contributed by atoms with Crippen molar-refractivity contribution in [3.63, 3.8) is 0 Å². The van der Waals surface area contributed by atoms with E-state index in [1.807, 2.05) is 0 Å². The molecular formula is C22H29N3O9. The third kappa shape index (κ3) is 4.88. The summed E-state index contributed by atoms with van der Waals surface area (Å²) in [7, 11) is 1.18. The summed E-state index contributed by atoms with van der Waals surface area (Å²) < 4.78 is 23.4. The zero-order valence-corrected chi connectivity index (χ0v) is 19.1. The number of carbonyl (C=O) groups excluding carboxylic acids is 2. The number of fused-ring (bicyclic) bond motifs is 2. The summed E-state index contributed by atoms with van der Waals surface area (Å²) in [6.07, 6.45) is 6.44. The molecule has 5 rings (SSSR count). The number of nitrogens with zero attached hydrogens (tertiary/aromatic N) is 3. The van der Waals surface area contributed by atoms with Crippen molar-refractivity contribution in [2.75, 3.05) is 13.2 Å². The summed E-state index contributed by atoms with van der Waals surface area (Å²) in [4.78, 5) is 62.4. The van der Waals surface area contributed by atoms with E-state index in [-0.39, 0.29) is 37.3 Å². The molecule has 6 unspecified atom stereocenters. The first kappa shape index (κ1) is 23.0. The molecule has 0 N–H and O–H groups in total. The van der Waals surface area contributed by atoms with E-state index >= 15 is 0 Å². The molecule has 2 saturated heterocycles. The largest absolute Gasteiger partial charge is 0.464 e. The first-order chi connectivity index (χ1) is 16.3. The summed E-state index contributed by atoms with van der Waals surface area (Å²) in [6.45, 7) is -0.942. The molecule has 0 spiro atoms. The average molecular weight is 479 g/mol. The number of ether oxygens (including phenoxy) is 4. The summed E-state index contributed by atoms with van der Waals surface area (Å²) in [5.41, 5.74) is -2.96. The molecule has 2 aliphatic carbocycles. The molecule has 0 amide bonds. The van der Waals surface area contributed by atoms with Crippen LogP contribution in [0.3, 0.4) is 0 Å². The van der Waals surface area contributed by atoms with Crippen molar-refractivity contribution in [3.8, 4) is 0 Å². The van der Waals surface area contributed by atoms with E-state index in [0.29, 0.717) is 25.9 Å². The monoisotopic (exact) mass is 479 g/mol. The number of carbonyl (C=O) groups is 2. The molecule has 34 heavy (non-hydrogen) atoms. The lowest BCUT2D eigenvalue weighted by atomic mass is 9.90. The van der Waals surface area contributed by atoms with Gasteiger partial charge in [0, 0.05) is 7.05 Å². The van der Waals surface area contributed by atoms with Gasteiger partial charge in [0.25, 0.3) is 0 Å². The third-order valence-corrected chi connectivity index (χ3v) is 7.26. The molecule has 0 bridgehead atoms. The van der Waals surface area contributed by atoms with Crippen LogP contribution in [-0.2, 0) is 48.7 Å². The Labute approximate surface area is 194 Å². The second-order valence-corrected chi connectivity index (χ2v) is 9.73. The minimum atomic E-state index is -1.05. The van der Waals surface area contributed by atoms with Crippen LogP contribution >= 0.6 is 0 Å². The fraction of sp³-hybridized carbons (Fsp3) is 0.773. The van der Waals surface area contributed by atoms with Crippen molar-refractivity contribution >= 4 is 11.9 Å². The van der Waals surface area contributed by atoms with Crippen molar-refractivity contribution in [1.29, 1.82) is 0 Å². The lowest BCUT2D eigenvalue weighted by molar-refractivity contribution is -0.146. The van der Waals surface area contributed by atoms with Crippen LogP contribution < -0.4 is 17.1 Å². The van der Waals surface area contributed by atoms with Crippen molar-refractivity contribution in [2.24, 2.45) is 18.9 Å². The van der Waals surface area contributed by atoms with E-state index in [1.54, 1.807) is 0 Å². The number of rotatable bonds is 8. The van der Waals surface area contributed by atoms with Gasteiger partial charge in [0.2, 0.25) is 0 Å². The van der Waals surface area contributed by atoms with Gasteiger partial charge >= 0.3 is 29.0 Å². The Morgan fingerprint density at radius 1 is 0.735 bits per heavy atom. The van der Waals surface area contributed by atoms with Crippen LogP contribution in [0.4, 0.5) is 0 Å². The second-order valence-electron chi connectivity index (χ2n) is 9.73. The Kier molecular flexibility index (Phi) is 6.19. The predicted molar refractivity (Wildman–Crippen MR) is 114 cm³/mol. The summed E-state index contributed by atoms with van der Waals surface area (Å²) in [5.74, 6) is -1.16. The number of aromatic nitrogens is 3. The molecule has 2 saturated carbocycles. The lowest BCUT2D eigenvalue weighted by Gasteiger charge is -2.19. The molecule has 0 aromatic carbocycles. The number of esters is 2. The molecule has 1 aromatic heterocycles. The zero-order valence-electron chi connectivity index (χ0n) is 19.1. The molecule has 1 aromatic rings. The summed E-state index contributed by atoms with van der Waals surface area (Å²) in [5, 5.41) is 0. The zero-order chi connectivity index (χ0) is 24.0. The van der Waals surface area contributed by atoms with Gasteiger partial charge in [0.1, 0.15) is 13.1 Å². The highest BCUT2D eigenvalue weighted by molar-refractivity contribution is 5.69. The molecule has 4 fully saturated rings. The van der Waals surface area contributed by atoms with Crippen molar-refractivity contribution < 1.29 is 28.5 Å². The first-order valence-electron chi connectivity index (χ1n) is 11.8. The quantitative estimate of drug-likeness (QED) is 0.336. The van der Waals surface area contributed by atoms with Gasteiger partial charge in [-0.15, -0.1) is 0 Å². The molecule has 12 heteroatoms. The Morgan fingerprint density at radius 3 is 1.59 bits per heavy atom. The SMILES string of the molecule is Cn1c(=O)n(CC(=O)OCC2CCC3OC3C2)c(=O)n(CC(=O)OCC2CCC3OC3C2)c1=O. The van der Waals surface area contributed by atoms with Crippen LogP contribution in [0, 0.1) is 11.8 Å². The van der Waals surface area contributed by atoms with E-state index < -0.39 is 42.1 Å². The van der Waals surface area contributed by atoms with E-state index in [4.69, 9.17) is 18.9 Å². The molecule has 2 aliphatic heterocycles. The third-order valence-electron chi connectivity index (χ3n) is 7.26. The second kappa shape index (κ2) is 9.14. The normalized spacial score (nSPS) is 31.2. The van der Waals surface area contributed by atoms with Gasteiger partial charge in [-0.1, -0.05) is 0 Å². The maximum atomic E-state index is 12.8. The fourth-order valence-electron chi connectivity index (χ4n) is 5.07. The molecule has 0 radical (unpaired) electrons. The Bertz CT molecular complexity index is 1070. The van der Waals surface area contributed by atoms with E-state index in [9.17, 15) is 24.0 Å². The van der Waals surface area contributed by atoms with Crippen LogP contribution in [0.15, 0.2) is 14.4 Å². The maximum absolute atomic E-state index is 12.8. The van der Waals surface area contributed by atoms with Gasteiger partial charge < -0.3 is 18.9 Å². The molecule has 186 valence electrons. The topological polar surface area (TPSA) is 144 Å². The average Bonchev–Trinajstić information content (AvgIpc) is 3.74. The highest BCUT2D eigenvalue weighted by Gasteiger charge is 2.44. The van der Waals surface area contributed by atoms with Crippen molar-refractivity contribution in [2.45, 2.75) is 76.0 Å². The van der Waals surface area contributed by atoms with E-state index in [1.165, 1.54) is 7.05 Å². The standard InChI is InChI=1S/C22H29N3O9/c1-23-20(28)24(8-18(26)31-10-12-2-4-14-16(6-12)33-14)22(30)25(21(23)29)9-19(27)32-11-13-3-5-15-17(7-13)34-15/h12-17H,2-11H2,1H3. The number of hydrogen-bond acceptors (Lipinski definition) is 9. The van der Waals surface area contributed by atoms with Crippen LogP contribution in [0.5, 0.6) is 0 Å². The highest BCUT2D eigenvalue weighted by Crippen LogP contribution is 2.40. The Hall–Kier alpha value is -2.73. The predicted octanol–water partition coefficient (Wildman–Crippen LogP) is -1.07. The minimum Gasteiger partial charge on any atom is -0.464 e. The van der Waals surface area contributed by atoms with Gasteiger partial charge in [0.15, 0.2) is 0 Å².